The molecular formula is C15H19FN2O2. The van der Waals surface area contributed by atoms with E-state index in [1.807, 2.05) is 13.0 Å². The van der Waals surface area contributed by atoms with Gasteiger partial charge in [-0.1, -0.05) is 0 Å². The number of aliphatic hydroxyl groups is 1. The number of carbonyl (C=O) groups excluding carboxylic acids is 1. The van der Waals surface area contributed by atoms with Crippen LogP contribution >= 0.6 is 0 Å². The summed E-state index contributed by atoms with van der Waals surface area (Å²) in [7, 11) is 0. The van der Waals surface area contributed by atoms with Crippen molar-refractivity contribution < 1.29 is 14.3 Å². The number of halogens is 1. The van der Waals surface area contributed by atoms with Crippen LogP contribution in [0.4, 0.5) is 4.39 Å². The van der Waals surface area contributed by atoms with Crippen molar-refractivity contribution in [2.45, 2.75) is 44.3 Å². The highest BCUT2D eigenvalue weighted by molar-refractivity contribution is 5.95. The van der Waals surface area contributed by atoms with Crippen molar-refractivity contribution >= 4 is 5.91 Å². The van der Waals surface area contributed by atoms with E-state index in [0.29, 0.717) is 17.2 Å². The molecule has 1 aliphatic heterocycles. The van der Waals surface area contributed by atoms with Gasteiger partial charge in [0.1, 0.15) is 6.17 Å². The monoisotopic (exact) mass is 278 g/mol. The molecule has 2 atom stereocenters. The number of rotatable bonds is 3. The maximum atomic E-state index is 13.4. The van der Waals surface area contributed by atoms with E-state index in [9.17, 15) is 14.3 Å². The molecule has 1 saturated carbocycles. The van der Waals surface area contributed by atoms with E-state index in [1.165, 1.54) is 17.7 Å². The fraction of sp³-hybridized carbons (Fsp3) is 0.600. The van der Waals surface area contributed by atoms with Crippen LogP contribution in [0.25, 0.3) is 0 Å². The van der Waals surface area contributed by atoms with Gasteiger partial charge >= 0.3 is 0 Å². The van der Waals surface area contributed by atoms with E-state index < -0.39 is 12.2 Å². The largest absolute Gasteiger partial charge is 0.394 e. The lowest BCUT2D eigenvalue weighted by molar-refractivity contribution is 0.0671. The third kappa shape index (κ3) is 2.42. The van der Waals surface area contributed by atoms with Crippen molar-refractivity contribution in [2.75, 3.05) is 13.2 Å². The van der Waals surface area contributed by atoms with Gasteiger partial charge in [-0.2, -0.15) is 0 Å². The van der Waals surface area contributed by atoms with Gasteiger partial charge in [0.25, 0.3) is 5.91 Å². The van der Waals surface area contributed by atoms with Gasteiger partial charge in [0.15, 0.2) is 0 Å². The van der Waals surface area contributed by atoms with E-state index in [1.54, 1.807) is 6.07 Å². The molecule has 1 aromatic rings. The van der Waals surface area contributed by atoms with Crippen LogP contribution in [0.2, 0.25) is 0 Å². The minimum Gasteiger partial charge on any atom is -0.394 e. The van der Waals surface area contributed by atoms with Gasteiger partial charge in [-0.05, 0) is 31.9 Å². The maximum Gasteiger partial charge on any atom is 0.256 e. The van der Waals surface area contributed by atoms with Crippen LogP contribution in [0.1, 0.15) is 46.9 Å². The summed E-state index contributed by atoms with van der Waals surface area (Å²) >= 11 is 0. The van der Waals surface area contributed by atoms with Crippen molar-refractivity contribution in [3.63, 3.8) is 0 Å². The molecule has 1 aromatic heterocycles. The Kier molecular flexibility index (Phi) is 3.46. The molecule has 2 aliphatic rings. The number of likely N-dealkylation sites (tertiary alicyclic amines) is 1. The van der Waals surface area contributed by atoms with Gasteiger partial charge in [-0.25, -0.2) is 4.39 Å². The van der Waals surface area contributed by atoms with Gasteiger partial charge in [-0.15, -0.1) is 0 Å². The minimum atomic E-state index is -1.05. The number of amides is 1. The van der Waals surface area contributed by atoms with Gasteiger partial charge in [0.2, 0.25) is 0 Å². The SMILES string of the molecule is Cc1nc(C2CC2)ccc1C(=O)N1CC(F)CC1CO. The minimum absolute atomic E-state index is 0.0634. The Bertz CT molecular complexity index is 531. The third-order valence-corrected chi connectivity index (χ3v) is 4.17. The van der Waals surface area contributed by atoms with Crippen molar-refractivity contribution in [2.24, 2.45) is 0 Å². The molecule has 1 saturated heterocycles. The van der Waals surface area contributed by atoms with Crippen LogP contribution in [0.3, 0.4) is 0 Å². The summed E-state index contributed by atoms with van der Waals surface area (Å²) in [5.74, 6) is 0.321. The van der Waals surface area contributed by atoms with Gasteiger partial charge < -0.3 is 10.0 Å². The number of hydrogen-bond acceptors (Lipinski definition) is 3. The summed E-state index contributed by atoms with van der Waals surface area (Å²) in [6, 6.07) is 3.27. The summed E-state index contributed by atoms with van der Waals surface area (Å²) in [6.07, 6.45) is 1.51. The van der Waals surface area contributed by atoms with Gasteiger partial charge in [0.05, 0.1) is 30.5 Å². The predicted octanol–water partition coefficient (Wildman–Crippen LogP) is 1.81. The van der Waals surface area contributed by atoms with Crippen molar-refractivity contribution in [1.29, 1.82) is 0 Å². The lowest BCUT2D eigenvalue weighted by Gasteiger charge is -2.23. The van der Waals surface area contributed by atoms with Crippen LogP contribution in [0.15, 0.2) is 12.1 Å². The van der Waals surface area contributed by atoms with Crippen molar-refractivity contribution in [3.8, 4) is 0 Å². The molecule has 0 spiro atoms. The van der Waals surface area contributed by atoms with Crippen LogP contribution in [-0.4, -0.2) is 46.3 Å². The quantitative estimate of drug-likeness (QED) is 0.917. The molecule has 2 fully saturated rings. The number of alkyl halides is 1. The Hall–Kier alpha value is -1.49. The number of aromatic nitrogens is 1. The average Bonchev–Trinajstić information content (AvgIpc) is 3.20. The number of aliphatic hydroxyl groups excluding tert-OH is 1. The normalized spacial score (nSPS) is 26.1. The topological polar surface area (TPSA) is 53.4 Å². The van der Waals surface area contributed by atoms with E-state index in [4.69, 9.17) is 0 Å². The smallest absolute Gasteiger partial charge is 0.256 e. The van der Waals surface area contributed by atoms with Crippen molar-refractivity contribution in [3.05, 3.63) is 29.1 Å². The Morgan fingerprint density at radius 3 is 2.85 bits per heavy atom. The van der Waals surface area contributed by atoms with Crippen LogP contribution in [0, 0.1) is 6.92 Å². The first-order valence-corrected chi connectivity index (χ1v) is 7.13. The van der Waals surface area contributed by atoms with E-state index in [0.717, 1.165) is 5.69 Å². The van der Waals surface area contributed by atoms with E-state index in [2.05, 4.69) is 4.98 Å². The number of nitrogens with zero attached hydrogens (tertiary/aromatic N) is 2. The van der Waals surface area contributed by atoms with Gasteiger partial charge in [0, 0.05) is 18.0 Å². The molecule has 0 bridgehead atoms. The van der Waals surface area contributed by atoms with E-state index in [-0.39, 0.29) is 25.5 Å². The first kappa shape index (κ1) is 13.5. The zero-order valence-corrected chi connectivity index (χ0v) is 11.6. The highest BCUT2D eigenvalue weighted by Crippen LogP contribution is 2.39. The highest BCUT2D eigenvalue weighted by atomic mass is 19.1. The Morgan fingerprint density at radius 1 is 1.50 bits per heavy atom. The summed E-state index contributed by atoms with van der Waals surface area (Å²) in [6.45, 7) is 1.68. The molecule has 0 aromatic carbocycles. The average molecular weight is 278 g/mol. The fourth-order valence-corrected chi connectivity index (χ4v) is 2.85. The number of aryl methyl sites for hydroxylation is 1. The molecule has 3 rings (SSSR count). The summed E-state index contributed by atoms with van der Waals surface area (Å²) in [5, 5.41) is 9.27. The lowest BCUT2D eigenvalue weighted by Crippen LogP contribution is -2.38. The molecular weight excluding hydrogens is 259 g/mol. The zero-order valence-electron chi connectivity index (χ0n) is 11.6. The Labute approximate surface area is 117 Å². The summed E-state index contributed by atoms with van der Waals surface area (Å²) in [5.41, 5.74) is 2.25. The highest BCUT2D eigenvalue weighted by Gasteiger charge is 2.36. The molecule has 4 nitrogen and oxygen atoms in total. The Morgan fingerprint density at radius 2 is 2.25 bits per heavy atom. The molecule has 2 unspecified atom stereocenters. The van der Waals surface area contributed by atoms with Crippen molar-refractivity contribution in [1.82, 2.24) is 9.88 Å². The Balaban J connectivity index is 1.82. The molecule has 20 heavy (non-hydrogen) atoms. The lowest BCUT2D eigenvalue weighted by atomic mass is 10.1. The number of pyridine rings is 1. The zero-order chi connectivity index (χ0) is 14.3. The molecule has 0 radical (unpaired) electrons. The second kappa shape index (κ2) is 5.13. The van der Waals surface area contributed by atoms with Crippen LogP contribution in [-0.2, 0) is 0 Å². The predicted molar refractivity (Wildman–Crippen MR) is 72.4 cm³/mol. The third-order valence-electron chi connectivity index (χ3n) is 4.17. The fourth-order valence-electron chi connectivity index (χ4n) is 2.85. The van der Waals surface area contributed by atoms with Crippen LogP contribution in [0.5, 0.6) is 0 Å². The second-order valence-electron chi connectivity index (χ2n) is 5.77. The molecule has 2 heterocycles. The summed E-state index contributed by atoms with van der Waals surface area (Å²) < 4.78 is 13.4. The molecule has 1 N–H and O–H groups in total. The molecule has 108 valence electrons. The second-order valence-corrected chi connectivity index (χ2v) is 5.77. The van der Waals surface area contributed by atoms with Gasteiger partial charge in [-0.3, -0.25) is 9.78 Å². The standard InChI is InChI=1S/C15H19FN2O2/c1-9-13(4-5-14(17-9)10-2-3-10)15(20)18-7-11(16)6-12(18)8-19/h4-5,10-12,19H,2-3,6-8H2,1H3. The molecule has 1 amide bonds. The summed E-state index contributed by atoms with van der Waals surface area (Å²) in [4.78, 5) is 18.4. The molecule has 1 aliphatic carbocycles. The number of carbonyl (C=O) groups is 1. The first-order chi connectivity index (χ1) is 9.60. The van der Waals surface area contributed by atoms with E-state index >= 15 is 0 Å². The maximum absolute atomic E-state index is 13.4. The molecule has 5 heteroatoms. The first-order valence-electron chi connectivity index (χ1n) is 7.13. The number of hydrogen-bond donors (Lipinski definition) is 1. The van der Waals surface area contributed by atoms with Crippen LogP contribution < -0.4 is 0 Å².